The molecule has 5 nitrogen and oxygen atoms in total. The van der Waals surface area contributed by atoms with E-state index in [0.717, 1.165) is 79.0 Å². The summed E-state index contributed by atoms with van der Waals surface area (Å²) in [6, 6.07) is 73.2. The van der Waals surface area contributed by atoms with Crippen molar-refractivity contribution in [2.45, 2.75) is 12.8 Å². The van der Waals surface area contributed by atoms with Crippen molar-refractivity contribution in [2.75, 3.05) is 0 Å². The van der Waals surface area contributed by atoms with Crippen molar-refractivity contribution < 1.29 is 0 Å². The fraction of sp³-hybridized carbons (Fsp3) is 0.0339. The Labute approximate surface area is 369 Å². The number of rotatable bonds is 6. The molecule has 3 heterocycles. The highest BCUT2D eigenvalue weighted by Crippen LogP contribution is 2.43. The van der Waals surface area contributed by atoms with E-state index in [9.17, 15) is 0 Å². The molecule has 3 aromatic heterocycles. The highest BCUT2D eigenvalue weighted by atomic mass is 15.1. The van der Waals surface area contributed by atoms with Gasteiger partial charge in [0.1, 0.15) is 0 Å². The summed E-state index contributed by atoms with van der Waals surface area (Å²) in [5.74, 6) is 1.87. The Morgan fingerprint density at radius 3 is 2.02 bits per heavy atom. The second-order valence-electron chi connectivity index (χ2n) is 16.5. The smallest absolute Gasteiger partial charge is 0.166 e. The van der Waals surface area contributed by atoms with E-state index in [1.165, 1.54) is 38.5 Å². The summed E-state index contributed by atoms with van der Waals surface area (Å²) in [7, 11) is 0. The van der Waals surface area contributed by atoms with Crippen molar-refractivity contribution in [3.05, 3.63) is 218 Å². The molecule has 0 saturated heterocycles. The molecule has 0 spiro atoms. The average molecular weight is 816 g/mol. The molecule has 13 rings (SSSR count). The minimum atomic E-state index is 0.619. The van der Waals surface area contributed by atoms with Crippen LogP contribution in [0.2, 0.25) is 0 Å². The first-order valence-electron chi connectivity index (χ1n) is 21.8. The fourth-order valence-corrected chi connectivity index (χ4v) is 10.1. The van der Waals surface area contributed by atoms with Crippen LogP contribution in [0.25, 0.3) is 117 Å². The second-order valence-corrected chi connectivity index (χ2v) is 16.5. The third kappa shape index (κ3) is 5.63. The van der Waals surface area contributed by atoms with Gasteiger partial charge in [0.15, 0.2) is 17.5 Å². The third-order valence-electron chi connectivity index (χ3n) is 12.9. The first-order valence-corrected chi connectivity index (χ1v) is 21.8. The van der Waals surface area contributed by atoms with Crippen LogP contribution in [0.4, 0.5) is 0 Å². The Morgan fingerprint density at radius 2 is 1.16 bits per heavy atom. The molecule has 0 bridgehead atoms. The minimum Gasteiger partial charge on any atom is -0.310 e. The molecule has 0 saturated carbocycles. The lowest BCUT2D eigenvalue weighted by Gasteiger charge is -2.18. The predicted molar refractivity (Wildman–Crippen MR) is 263 cm³/mol. The van der Waals surface area contributed by atoms with Gasteiger partial charge in [-0.1, -0.05) is 164 Å². The molecule has 298 valence electrons. The molecule has 0 N–H and O–H groups in total. The van der Waals surface area contributed by atoms with E-state index in [1.807, 2.05) is 12.1 Å². The van der Waals surface area contributed by atoms with Gasteiger partial charge >= 0.3 is 0 Å². The van der Waals surface area contributed by atoms with E-state index in [0.29, 0.717) is 17.5 Å². The minimum absolute atomic E-state index is 0.619. The molecule has 12 aromatic rings. The predicted octanol–water partition coefficient (Wildman–Crippen LogP) is 14.4. The Kier molecular flexibility index (Phi) is 8.19. The van der Waals surface area contributed by atoms with Gasteiger partial charge < -0.3 is 4.57 Å². The first kappa shape index (κ1) is 36.1. The lowest BCUT2D eigenvalue weighted by molar-refractivity contribution is 0.889. The topological polar surface area (TPSA) is 48.5 Å². The van der Waals surface area contributed by atoms with Crippen LogP contribution in [0.1, 0.15) is 17.7 Å². The molecule has 5 heteroatoms. The molecule has 0 atom stereocenters. The van der Waals surface area contributed by atoms with Crippen molar-refractivity contribution in [1.82, 2.24) is 24.1 Å². The summed E-state index contributed by atoms with van der Waals surface area (Å²) in [6.45, 7) is 0. The van der Waals surface area contributed by atoms with E-state index in [1.54, 1.807) is 0 Å². The molecule has 0 aliphatic heterocycles. The van der Waals surface area contributed by atoms with E-state index < -0.39 is 0 Å². The molecule has 0 unspecified atom stereocenters. The van der Waals surface area contributed by atoms with Crippen molar-refractivity contribution in [1.29, 1.82) is 0 Å². The Balaban J connectivity index is 1.12. The van der Waals surface area contributed by atoms with E-state index in [4.69, 9.17) is 15.0 Å². The van der Waals surface area contributed by atoms with E-state index >= 15 is 0 Å². The van der Waals surface area contributed by atoms with Gasteiger partial charge in [0.05, 0.1) is 27.9 Å². The number of fused-ring (bicyclic) bond motifs is 8. The van der Waals surface area contributed by atoms with Crippen LogP contribution >= 0.6 is 0 Å². The summed E-state index contributed by atoms with van der Waals surface area (Å²) >= 11 is 0. The lowest BCUT2D eigenvalue weighted by atomic mass is 9.94. The maximum atomic E-state index is 5.50. The van der Waals surface area contributed by atoms with Gasteiger partial charge in [-0.15, -0.1) is 0 Å². The van der Waals surface area contributed by atoms with Crippen LogP contribution in [-0.4, -0.2) is 24.1 Å². The van der Waals surface area contributed by atoms with Crippen molar-refractivity contribution in [3.8, 4) is 56.7 Å². The normalized spacial score (nSPS) is 12.4. The molecule has 64 heavy (non-hydrogen) atoms. The number of nitrogens with zero attached hydrogens (tertiary/aromatic N) is 5. The molecule has 0 amide bonds. The van der Waals surface area contributed by atoms with Crippen LogP contribution in [0.5, 0.6) is 0 Å². The van der Waals surface area contributed by atoms with E-state index in [-0.39, 0.29) is 0 Å². The second kappa shape index (κ2) is 14.5. The van der Waals surface area contributed by atoms with Crippen LogP contribution in [0.15, 0.2) is 194 Å². The SMILES string of the molecule is c1cccc(-n2c3ccccc3c3cccc(-n4c5c(c6cccc(-c7nc(-c8ccc9ccccc9c8)nc(-c8ccc(-c9ccccc9)c9ccccc89)n7)c64)C=CCC5)c32)c#1. The van der Waals surface area contributed by atoms with Crippen LogP contribution < -0.4 is 0 Å². The largest absolute Gasteiger partial charge is 0.310 e. The van der Waals surface area contributed by atoms with Crippen LogP contribution in [-0.2, 0) is 6.42 Å². The van der Waals surface area contributed by atoms with Crippen molar-refractivity contribution >= 4 is 60.3 Å². The molecular weight excluding hydrogens is 779 g/mol. The first-order chi connectivity index (χ1) is 31.8. The van der Waals surface area contributed by atoms with Gasteiger partial charge in [-0.3, -0.25) is 4.57 Å². The number of allylic oxidation sites excluding steroid dienone is 1. The Bertz CT molecular complexity index is 3840. The van der Waals surface area contributed by atoms with Gasteiger partial charge in [0, 0.05) is 44.1 Å². The van der Waals surface area contributed by atoms with Crippen molar-refractivity contribution in [2.24, 2.45) is 0 Å². The zero-order valence-corrected chi connectivity index (χ0v) is 34.7. The zero-order chi connectivity index (χ0) is 42.1. The monoisotopic (exact) mass is 815 g/mol. The number of hydrogen-bond acceptors (Lipinski definition) is 3. The number of para-hydroxylation sites is 3. The molecular formula is C59H37N5. The van der Waals surface area contributed by atoms with Gasteiger partial charge in [-0.25, -0.2) is 15.0 Å². The zero-order valence-electron chi connectivity index (χ0n) is 34.7. The summed E-state index contributed by atoms with van der Waals surface area (Å²) in [5.41, 5.74) is 13.0. The van der Waals surface area contributed by atoms with Gasteiger partial charge in [-0.05, 0) is 94.0 Å². The summed E-state index contributed by atoms with van der Waals surface area (Å²) < 4.78 is 4.84. The number of benzene rings is 8. The highest BCUT2D eigenvalue weighted by Gasteiger charge is 2.26. The van der Waals surface area contributed by atoms with Gasteiger partial charge in [0.2, 0.25) is 0 Å². The average Bonchev–Trinajstić information content (AvgIpc) is 3.90. The number of aromatic nitrogens is 5. The standard InChI is InChI=1S/C59H37N5/c1-3-18-39(19-4-1)43-35-36-50(45-24-10-9-23-44(43)45)58-60-57(41-34-33-38-17-7-8-20-40(38)37-41)61-59(62-58)51-29-15-27-48-46-25-12-14-31-53(46)64(55(48)51)54-32-16-28-49-47-26-11-13-30-52(47)63(56(49)54)42-21-5-2-6-22-42/h1-5,7-13,15-21,23-30,32-37H,14,31H2. The maximum absolute atomic E-state index is 5.50. The maximum Gasteiger partial charge on any atom is 0.166 e. The highest BCUT2D eigenvalue weighted by molar-refractivity contribution is 6.13. The third-order valence-corrected chi connectivity index (χ3v) is 12.9. The molecule has 1 aliphatic rings. The molecule has 0 radical (unpaired) electrons. The van der Waals surface area contributed by atoms with Crippen LogP contribution in [0, 0.1) is 12.1 Å². The molecule has 9 aromatic carbocycles. The summed E-state index contributed by atoms with van der Waals surface area (Å²) in [5, 5.41) is 8.06. The number of hydrogen-bond donors (Lipinski definition) is 0. The summed E-state index contributed by atoms with van der Waals surface area (Å²) in [6.07, 6.45) is 6.45. The lowest BCUT2D eigenvalue weighted by Crippen LogP contribution is -2.07. The Morgan fingerprint density at radius 1 is 0.453 bits per heavy atom. The van der Waals surface area contributed by atoms with Gasteiger partial charge in [0.25, 0.3) is 0 Å². The fourth-order valence-electron chi connectivity index (χ4n) is 10.1. The molecule has 0 fully saturated rings. The Hall–Kier alpha value is -8.59. The van der Waals surface area contributed by atoms with Gasteiger partial charge in [-0.2, -0.15) is 0 Å². The summed E-state index contributed by atoms with van der Waals surface area (Å²) in [4.78, 5) is 16.3. The molecule has 1 aliphatic carbocycles. The van der Waals surface area contributed by atoms with Crippen LogP contribution in [0.3, 0.4) is 0 Å². The quantitative estimate of drug-likeness (QED) is 0.168. The van der Waals surface area contributed by atoms with E-state index in [2.05, 4.69) is 209 Å². The van der Waals surface area contributed by atoms with Crippen molar-refractivity contribution in [3.63, 3.8) is 0 Å².